The van der Waals surface area contributed by atoms with E-state index in [1.165, 1.54) is 33.5 Å². The molecule has 1 heterocycles. The van der Waals surface area contributed by atoms with E-state index in [-0.39, 0.29) is 29.4 Å². The maximum Gasteiger partial charge on any atom is 0.361 e. The molecule has 1 aromatic rings. The van der Waals surface area contributed by atoms with Crippen LogP contribution in [0.1, 0.15) is 10.4 Å². The van der Waals surface area contributed by atoms with Crippen molar-refractivity contribution in [2.24, 2.45) is 0 Å². The van der Waals surface area contributed by atoms with Crippen molar-refractivity contribution in [1.82, 2.24) is 0 Å². The molecular formula is C13H14O8. The van der Waals surface area contributed by atoms with E-state index in [2.05, 4.69) is 9.47 Å². The number of ether oxygens (including phenoxy) is 6. The van der Waals surface area contributed by atoms with Gasteiger partial charge in [0.2, 0.25) is 5.75 Å². The topological polar surface area (TPSA) is 89.5 Å². The molecular weight excluding hydrogens is 284 g/mol. The number of esters is 2. The standard InChI is InChI=1S/C13H14O8/c1-16-10(14)6-19-8-4-7(12(15)17-2)5-9-11(8)21-13(18-3)20-9/h4-5,13H,6H2,1-3H3. The van der Waals surface area contributed by atoms with E-state index in [4.69, 9.17) is 18.9 Å². The fourth-order valence-corrected chi connectivity index (χ4v) is 1.64. The minimum atomic E-state index is -0.951. The van der Waals surface area contributed by atoms with Crippen molar-refractivity contribution in [2.75, 3.05) is 27.9 Å². The first-order valence-corrected chi connectivity index (χ1v) is 5.91. The summed E-state index contributed by atoms with van der Waals surface area (Å²) in [5, 5.41) is 0. The average Bonchev–Trinajstić information content (AvgIpc) is 2.94. The van der Waals surface area contributed by atoms with Gasteiger partial charge in [0.15, 0.2) is 18.1 Å². The number of carbonyl (C=O) groups excluding carboxylic acids is 2. The van der Waals surface area contributed by atoms with Crippen LogP contribution < -0.4 is 14.2 Å². The van der Waals surface area contributed by atoms with Crippen LogP contribution in [0, 0.1) is 0 Å². The molecule has 114 valence electrons. The van der Waals surface area contributed by atoms with Gasteiger partial charge in [-0.25, -0.2) is 9.59 Å². The van der Waals surface area contributed by atoms with Gasteiger partial charge in [0.25, 0.3) is 0 Å². The van der Waals surface area contributed by atoms with Crippen molar-refractivity contribution < 1.29 is 38.0 Å². The molecule has 1 aliphatic rings. The van der Waals surface area contributed by atoms with Gasteiger partial charge < -0.3 is 28.4 Å². The van der Waals surface area contributed by atoms with Crippen LogP contribution in [0.5, 0.6) is 17.2 Å². The van der Waals surface area contributed by atoms with Crippen molar-refractivity contribution >= 4 is 11.9 Å². The highest BCUT2D eigenvalue weighted by atomic mass is 16.9. The first-order valence-electron chi connectivity index (χ1n) is 5.91. The number of methoxy groups -OCH3 is 3. The Morgan fingerprint density at radius 3 is 2.52 bits per heavy atom. The molecule has 0 saturated heterocycles. The van der Waals surface area contributed by atoms with E-state index in [0.29, 0.717) is 0 Å². The van der Waals surface area contributed by atoms with Crippen LogP contribution in [0.2, 0.25) is 0 Å². The predicted molar refractivity (Wildman–Crippen MR) is 67.3 cm³/mol. The molecule has 8 heteroatoms. The molecule has 1 atom stereocenters. The summed E-state index contributed by atoms with van der Waals surface area (Å²) < 4.78 is 30.0. The van der Waals surface area contributed by atoms with Crippen LogP contribution in [0.25, 0.3) is 0 Å². The van der Waals surface area contributed by atoms with Crippen molar-refractivity contribution in [3.8, 4) is 17.2 Å². The van der Waals surface area contributed by atoms with Crippen LogP contribution in [-0.4, -0.2) is 46.4 Å². The molecule has 0 fully saturated rings. The Hall–Kier alpha value is -2.48. The van der Waals surface area contributed by atoms with Crippen molar-refractivity contribution in [3.63, 3.8) is 0 Å². The zero-order chi connectivity index (χ0) is 15.4. The van der Waals surface area contributed by atoms with Gasteiger partial charge in [0, 0.05) is 7.11 Å². The Bertz CT molecular complexity index is 553. The molecule has 0 amide bonds. The van der Waals surface area contributed by atoms with Gasteiger partial charge in [-0.15, -0.1) is 0 Å². The Morgan fingerprint density at radius 1 is 1.14 bits per heavy atom. The highest BCUT2D eigenvalue weighted by Crippen LogP contribution is 2.44. The summed E-state index contributed by atoms with van der Waals surface area (Å²) in [4.78, 5) is 22.8. The molecule has 1 unspecified atom stereocenters. The minimum absolute atomic E-state index is 0.151. The summed E-state index contributed by atoms with van der Waals surface area (Å²) in [7, 11) is 3.88. The van der Waals surface area contributed by atoms with E-state index in [0.717, 1.165) is 0 Å². The first-order chi connectivity index (χ1) is 10.1. The third-order valence-corrected chi connectivity index (χ3v) is 2.64. The van der Waals surface area contributed by atoms with Gasteiger partial charge in [0.05, 0.1) is 19.8 Å². The number of hydrogen-bond acceptors (Lipinski definition) is 8. The van der Waals surface area contributed by atoms with E-state index < -0.39 is 18.4 Å². The third-order valence-electron chi connectivity index (χ3n) is 2.64. The van der Waals surface area contributed by atoms with Crippen LogP contribution in [0.4, 0.5) is 0 Å². The lowest BCUT2D eigenvalue weighted by Crippen LogP contribution is -2.19. The zero-order valence-electron chi connectivity index (χ0n) is 11.7. The minimum Gasteiger partial charge on any atom is -0.478 e. The largest absolute Gasteiger partial charge is 0.478 e. The number of fused-ring (bicyclic) bond motifs is 1. The van der Waals surface area contributed by atoms with Gasteiger partial charge in [-0.05, 0) is 12.1 Å². The molecule has 21 heavy (non-hydrogen) atoms. The second-order valence-electron chi connectivity index (χ2n) is 3.92. The monoisotopic (exact) mass is 298 g/mol. The molecule has 1 aromatic carbocycles. The average molecular weight is 298 g/mol. The quantitative estimate of drug-likeness (QED) is 0.735. The van der Waals surface area contributed by atoms with Crippen LogP contribution in [0.15, 0.2) is 12.1 Å². The Kier molecular flexibility index (Phi) is 4.49. The Morgan fingerprint density at radius 2 is 1.90 bits per heavy atom. The SMILES string of the molecule is COC(=O)COc1cc(C(=O)OC)cc2c1OC(OC)O2. The molecule has 0 radical (unpaired) electrons. The smallest absolute Gasteiger partial charge is 0.361 e. The predicted octanol–water partition coefficient (Wildman–Crippen LogP) is 0.726. The lowest BCUT2D eigenvalue weighted by molar-refractivity contribution is -0.158. The molecule has 0 aromatic heterocycles. The van der Waals surface area contributed by atoms with E-state index in [1.807, 2.05) is 0 Å². The lowest BCUT2D eigenvalue weighted by atomic mass is 10.2. The fourth-order valence-electron chi connectivity index (χ4n) is 1.64. The van der Waals surface area contributed by atoms with Crippen molar-refractivity contribution in [3.05, 3.63) is 17.7 Å². The molecule has 2 rings (SSSR count). The Labute approximate surface area is 120 Å². The van der Waals surface area contributed by atoms with Gasteiger partial charge in [0.1, 0.15) is 0 Å². The number of hydrogen-bond donors (Lipinski definition) is 0. The van der Waals surface area contributed by atoms with Crippen molar-refractivity contribution in [1.29, 1.82) is 0 Å². The maximum absolute atomic E-state index is 11.6. The summed E-state index contributed by atoms with van der Waals surface area (Å²) >= 11 is 0. The number of carbonyl (C=O) groups is 2. The maximum atomic E-state index is 11.6. The molecule has 0 saturated carbocycles. The van der Waals surface area contributed by atoms with Gasteiger partial charge in [-0.1, -0.05) is 0 Å². The normalized spacial score (nSPS) is 15.5. The first kappa shape index (κ1) is 14.9. The molecule has 0 aliphatic carbocycles. The van der Waals surface area contributed by atoms with E-state index in [9.17, 15) is 9.59 Å². The van der Waals surface area contributed by atoms with Crippen molar-refractivity contribution in [2.45, 2.75) is 6.48 Å². The highest BCUT2D eigenvalue weighted by molar-refractivity contribution is 5.91. The zero-order valence-corrected chi connectivity index (χ0v) is 11.7. The molecule has 8 nitrogen and oxygen atoms in total. The lowest BCUT2D eigenvalue weighted by Gasteiger charge is -2.09. The van der Waals surface area contributed by atoms with E-state index in [1.54, 1.807) is 0 Å². The summed E-state index contributed by atoms with van der Waals surface area (Å²) in [5.74, 6) is -0.513. The number of rotatable bonds is 5. The second kappa shape index (κ2) is 6.31. The summed E-state index contributed by atoms with van der Waals surface area (Å²) in [6, 6.07) is 2.82. The molecule has 1 aliphatic heterocycles. The van der Waals surface area contributed by atoms with Crippen LogP contribution in [-0.2, 0) is 19.0 Å². The molecule has 0 bridgehead atoms. The second-order valence-corrected chi connectivity index (χ2v) is 3.92. The fraction of sp³-hybridized carbons (Fsp3) is 0.385. The van der Waals surface area contributed by atoms with Gasteiger partial charge >= 0.3 is 18.4 Å². The summed E-state index contributed by atoms with van der Waals surface area (Å²) in [5.41, 5.74) is 0.191. The van der Waals surface area contributed by atoms with E-state index >= 15 is 0 Å². The third kappa shape index (κ3) is 3.16. The molecule has 0 N–H and O–H groups in total. The number of benzene rings is 1. The highest BCUT2D eigenvalue weighted by Gasteiger charge is 2.30. The summed E-state index contributed by atoms with van der Waals surface area (Å²) in [6.45, 7) is -1.29. The van der Waals surface area contributed by atoms with Gasteiger partial charge in [-0.3, -0.25) is 0 Å². The Balaban J connectivity index is 2.31. The van der Waals surface area contributed by atoms with Crippen LogP contribution in [0.3, 0.4) is 0 Å². The molecule has 0 spiro atoms. The summed E-state index contributed by atoms with van der Waals surface area (Å²) in [6.07, 6.45) is 0. The van der Waals surface area contributed by atoms with Gasteiger partial charge in [-0.2, -0.15) is 0 Å². The van der Waals surface area contributed by atoms with Crippen LogP contribution >= 0.6 is 0 Å².